The first-order valence-corrected chi connectivity index (χ1v) is 12.6. The molecule has 0 saturated carbocycles. The summed E-state index contributed by atoms with van der Waals surface area (Å²) in [5, 5.41) is 14.2. The van der Waals surface area contributed by atoms with Crippen LogP contribution in [0.25, 0.3) is 0 Å². The number of nitrogens with one attached hydrogen (secondary N) is 1. The van der Waals surface area contributed by atoms with Crippen LogP contribution in [0.5, 0.6) is 0 Å². The highest BCUT2D eigenvalue weighted by atomic mass is 35.5. The molecule has 1 saturated heterocycles. The van der Waals surface area contributed by atoms with E-state index in [1.165, 1.54) is 23.5 Å². The number of aliphatic carboxylic acids is 1. The summed E-state index contributed by atoms with van der Waals surface area (Å²) in [5.74, 6) is -0.621. The smallest absolute Gasteiger partial charge is 0.337 e. The molecule has 0 unspecified atom stereocenters. The molecule has 4 rings (SSSR count). The molecule has 36 heavy (non-hydrogen) atoms. The molecule has 2 aliphatic rings. The second-order valence-electron chi connectivity index (χ2n) is 7.38. The number of hydrogen-bond donors (Lipinski definition) is 2. The maximum absolute atomic E-state index is 12.2. The van der Waals surface area contributed by atoms with E-state index in [2.05, 4.69) is 20.2 Å². The Morgan fingerprint density at radius 1 is 1.31 bits per heavy atom. The summed E-state index contributed by atoms with van der Waals surface area (Å²) in [7, 11) is 0. The zero-order valence-electron chi connectivity index (χ0n) is 20.2. The zero-order valence-corrected chi connectivity index (χ0v) is 21.8. The summed E-state index contributed by atoms with van der Waals surface area (Å²) in [6.07, 6.45) is 1.97. The summed E-state index contributed by atoms with van der Waals surface area (Å²) in [6, 6.07) is 5.82. The van der Waals surface area contributed by atoms with E-state index < -0.39 is 5.97 Å². The lowest BCUT2D eigenvalue weighted by Crippen LogP contribution is -2.43. The standard InChI is InChI=1S/C15H20N4O3S.C6H4ClF.C3H6O2/c1-2-22-15(20)11-9-17-13(14-16-3-8-23-14)18-12(11)10-19-4-6-21-7-5-19;7-5-2-1-3-6(8)4-5;1-2-3(4)5/h3,8H,2,4-7,9-10H2,1H3,(H,17,18);1-4H;2H2,1H3,(H,4,5). The number of nitrogens with zero attached hydrogens (tertiary/aromatic N) is 3. The molecule has 2 N–H and O–H groups in total. The molecular formula is C24H30ClFN4O5S. The van der Waals surface area contributed by atoms with Crippen LogP contribution in [0.2, 0.25) is 5.02 Å². The number of aromatic nitrogens is 1. The van der Waals surface area contributed by atoms with Crippen LogP contribution in [0.3, 0.4) is 0 Å². The zero-order chi connectivity index (χ0) is 26.3. The van der Waals surface area contributed by atoms with E-state index in [-0.39, 0.29) is 18.2 Å². The van der Waals surface area contributed by atoms with Crippen molar-refractivity contribution in [1.29, 1.82) is 0 Å². The predicted molar refractivity (Wildman–Crippen MR) is 137 cm³/mol. The minimum atomic E-state index is -0.745. The molecule has 2 aromatic rings. The number of aliphatic imine (C=N–C) groups is 1. The maximum Gasteiger partial charge on any atom is 0.337 e. The second kappa shape index (κ2) is 16.0. The van der Waals surface area contributed by atoms with Gasteiger partial charge in [-0.2, -0.15) is 0 Å². The van der Waals surface area contributed by atoms with Crippen molar-refractivity contribution in [2.24, 2.45) is 4.99 Å². The predicted octanol–water partition coefficient (Wildman–Crippen LogP) is 3.60. The van der Waals surface area contributed by atoms with Gasteiger partial charge in [-0.3, -0.25) is 14.7 Å². The molecule has 1 aromatic carbocycles. The number of amidine groups is 1. The summed E-state index contributed by atoms with van der Waals surface area (Å²) < 4.78 is 22.6. The number of esters is 1. The van der Waals surface area contributed by atoms with Crippen LogP contribution >= 0.6 is 22.9 Å². The highest BCUT2D eigenvalue weighted by molar-refractivity contribution is 7.11. The SMILES string of the molecule is CCC(=O)O.CCOC(=O)C1=C(CN2CCOCC2)NC(c2nccs2)=NC1.Fc1cccc(Cl)c1. The number of carboxylic acid groups (broad SMARTS) is 1. The normalized spacial score (nSPS) is 15.4. The Bertz CT molecular complexity index is 1030. The van der Waals surface area contributed by atoms with Gasteiger partial charge >= 0.3 is 11.9 Å². The van der Waals surface area contributed by atoms with Crippen molar-refractivity contribution in [1.82, 2.24) is 15.2 Å². The fourth-order valence-corrected chi connectivity index (χ4v) is 3.73. The van der Waals surface area contributed by atoms with Gasteiger partial charge in [-0.15, -0.1) is 11.3 Å². The Kier molecular flexibility index (Phi) is 13.1. The van der Waals surface area contributed by atoms with Crippen molar-refractivity contribution in [3.63, 3.8) is 0 Å². The minimum absolute atomic E-state index is 0.222. The number of benzene rings is 1. The lowest BCUT2D eigenvalue weighted by molar-refractivity contribution is -0.139. The van der Waals surface area contributed by atoms with Gasteiger partial charge < -0.3 is 19.9 Å². The van der Waals surface area contributed by atoms with Gasteiger partial charge in [0, 0.05) is 48.4 Å². The fourth-order valence-electron chi connectivity index (χ4n) is 2.96. The lowest BCUT2D eigenvalue weighted by atomic mass is 10.1. The van der Waals surface area contributed by atoms with Crippen LogP contribution in [-0.2, 0) is 19.1 Å². The molecule has 0 atom stereocenters. The average molecular weight is 541 g/mol. The minimum Gasteiger partial charge on any atom is -0.481 e. The Labute approximate surface area is 218 Å². The number of rotatable bonds is 6. The number of hydrogen-bond acceptors (Lipinski definition) is 9. The van der Waals surface area contributed by atoms with Crippen molar-refractivity contribution in [3.8, 4) is 0 Å². The third-order valence-electron chi connectivity index (χ3n) is 4.76. The fraction of sp³-hybridized carbons (Fsp3) is 0.417. The molecule has 1 fully saturated rings. The van der Waals surface area contributed by atoms with Crippen LogP contribution < -0.4 is 5.32 Å². The van der Waals surface area contributed by atoms with Gasteiger partial charge in [0.2, 0.25) is 0 Å². The van der Waals surface area contributed by atoms with E-state index in [1.807, 2.05) is 5.38 Å². The molecular weight excluding hydrogens is 511 g/mol. The monoisotopic (exact) mass is 540 g/mol. The number of halogens is 2. The molecule has 1 aromatic heterocycles. The number of morpholine rings is 1. The van der Waals surface area contributed by atoms with Gasteiger partial charge in [-0.1, -0.05) is 24.6 Å². The van der Waals surface area contributed by atoms with Crippen molar-refractivity contribution in [2.45, 2.75) is 20.3 Å². The summed E-state index contributed by atoms with van der Waals surface area (Å²) in [5.41, 5.74) is 1.45. The number of ether oxygens (including phenoxy) is 2. The van der Waals surface area contributed by atoms with E-state index in [0.717, 1.165) is 42.8 Å². The van der Waals surface area contributed by atoms with Crippen LogP contribution in [0.15, 0.2) is 52.1 Å². The van der Waals surface area contributed by atoms with Crippen LogP contribution in [0.4, 0.5) is 4.39 Å². The van der Waals surface area contributed by atoms with Gasteiger partial charge in [0.15, 0.2) is 10.8 Å². The molecule has 0 radical (unpaired) electrons. The van der Waals surface area contributed by atoms with Gasteiger partial charge in [0.05, 0.1) is 31.9 Å². The Hall–Kier alpha value is -2.86. The molecule has 0 spiro atoms. The number of thiazole rings is 1. The van der Waals surface area contributed by atoms with Gasteiger partial charge in [0.25, 0.3) is 0 Å². The lowest BCUT2D eigenvalue weighted by Gasteiger charge is -2.30. The van der Waals surface area contributed by atoms with Crippen molar-refractivity contribution >= 4 is 40.7 Å². The average Bonchev–Trinajstić information content (AvgIpc) is 3.41. The van der Waals surface area contributed by atoms with Gasteiger partial charge in [-0.05, 0) is 25.1 Å². The van der Waals surface area contributed by atoms with Gasteiger partial charge in [0.1, 0.15) is 5.82 Å². The van der Waals surface area contributed by atoms with Crippen molar-refractivity contribution in [2.75, 3.05) is 46.0 Å². The maximum atomic E-state index is 12.2. The quantitative estimate of drug-likeness (QED) is 0.534. The van der Waals surface area contributed by atoms with E-state index in [4.69, 9.17) is 26.2 Å². The molecule has 0 amide bonds. The van der Waals surface area contributed by atoms with Crippen molar-refractivity contribution in [3.05, 3.63) is 63.0 Å². The molecule has 12 heteroatoms. The summed E-state index contributed by atoms with van der Waals surface area (Å²) in [4.78, 5) is 32.6. The molecule has 9 nitrogen and oxygen atoms in total. The van der Waals surface area contributed by atoms with Crippen LogP contribution in [0, 0.1) is 5.82 Å². The van der Waals surface area contributed by atoms with E-state index in [9.17, 15) is 14.0 Å². The molecule has 3 heterocycles. The van der Waals surface area contributed by atoms with E-state index in [1.54, 1.807) is 32.2 Å². The second-order valence-corrected chi connectivity index (χ2v) is 8.71. The number of carbonyl (C=O) groups excluding carboxylic acids is 1. The Morgan fingerprint density at radius 3 is 2.56 bits per heavy atom. The highest BCUT2D eigenvalue weighted by Gasteiger charge is 2.25. The van der Waals surface area contributed by atoms with Crippen LogP contribution in [-0.4, -0.2) is 78.8 Å². The Balaban J connectivity index is 0.000000288. The van der Waals surface area contributed by atoms with Crippen molar-refractivity contribution < 1.29 is 28.6 Å². The number of carboxylic acids is 1. The molecule has 2 aliphatic heterocycles. The Morgan fingerprint density at radius 2 is 2.03 bits per heavy atom. The third-order valence-corrected chi connectivity index (χ3v) is 5.78. The number of carbonyl (C=O) groups is 2. The topological polar surface area (TPSA) is 113 Å². The first-order chi connectivity index (χ1) is 17.3. The molecule has 0 aliphatic carbocycles. The molecule has 0 bridgehead atoms. The first kappa shape index (κ1) is 29.4. The molecule has 196 valence electrons. The highest BCUT2D eigenvalue weighted by Crippen LogP contribution is 2.16. The van der Waals surface area contributed by atoms with E-state index in [0.29, 0.717) is 30.3 Å². The van der Waals surface area contributed by atoms with Gasteiger partial charge in [-0.25, -0.2) is 14.2 Å². The van der Waals surface area contributed by atoms with E-state index >= 15 is 0 Å². The largest absolute Gasteiger partial charge is 0.481 e. The summed E-state index contributed by atoms with van der Waals surface area (Å²) >= 11 is 6.93. The summed E-state index contributed by atoms with van der Waals surface area (Å²) in [6.45, 7) is 7.88. The van der Waals surface area contributed by atoms with Crippen LogP contribution in [0.1, 0.15) is 25.3 Å². The first-order valence-electron chi connectivity index (χ1n) is 11.4. The third kappa shape index (κ3) is 10.4.